The Labute approximate surface area is 97.6 Å². The van der Waals surface area contributed by atoms with E-state index >= 15 is 0 Å². The summed E-state index contributed by atoms with van der Waals surface area (Å²) in [6, 6.07) is 6.35. The SMILES string of the molecule is COC(=O)c1cccc(C2(N)CC(F)(F)C2)c1. The summed E-state index contributed by atoms with van der Waals surface area (Å²) in [4.78, 5) is 11.3. The number of alkyl halides is 2. The second-order valence-corrected chi connectivity index (χ2v) is 4.44. The maximum absolute atomic E-state index is 12.9. The van der Waals surface area contributed by atoms with Crippen LogP contribution < -0.4 is 5.73 Å². The van der Waals surface area contributed by atoms with Crippen LogP contribution in [0.15, 0.2) is 24.3 Å². The van der Waals surface area contributed by atoms with E-state index < -0.39 is 17.4 Å². The van der Waals surface area contributed by atoms with Crippen LogP contribution in [0.5, 0.6) is 0 Å². The van der Waals surface area contributed by atoms with Crippen molar-refractivity contribution in [2.45, 2.75) is 24.3 Å². The number of carbonyl (C=O) groups is 1. The molecule has 0 aromatic heterocycles. The lowest BCUT2D eigenvalue weighted by molar-refractivity contribution is -0.125. The van der Waals surface area contributed by atoms with Gasteiger partial charge in [0.25, 0.3) is 5.92 Å². The molecule has 1 aromatic rings. The van der Waals surface area contributed by atoms with Gasteiger partial charge in [-0.3, -0.25) is 0 Å². The van der Waals surface area contributed by atoms with Gasteiger partial charge in [0.2, 0.25) is 0 Å². The van der Waals surface area contributed by atoms with Crippen molar-refractivity contribution in [3.8, 4) is 0 Å². The number of nitrogens with two attached hydrogens (primary N) is 1. The number of rotatable bonds is 2. The van der Waals surface area contributed by atoms with Gasteiger partial charge in [0.15, 0.2) is 0 Å². The molecule has 92 valence electrons. The van der Waals surface area contributed by atoms with Gasteiger partial charge < -0.3 is 10.5 Å². The third-order valence-corrected chi connectivity index (χ3v) is 3.01. The molecule has 2 N–H and O–H groups in total. The molecule has 0 bridgehead atoms. The second kappa shape index (κ2) is 3.77. The van der Waals surface area contributed by atoms with Crippen molar-refractivity contribution in [3.05, 3.63) is 35.4 Å². The van der Waals surface area contributed by atoms with Crippen LogP contribution in [0.1, 0.15) is 28.8 Å². The topological polar surface area (TPSA) is 52.3 Å². The lowest BCUT2D eigenvalue weighted by Crippen LogP contribution is -2.55. The fraction of sp³-hybridized carbons (Fsp3) is 0.417. The number of halogens is 2. The Morgan fingerprint density at radius 3 is 2.59 bits per heavy atom. The maximum atomic E-state index is 12.9. The third kappa shape index (κ3) is 2.15. The zero-order chi connectivity index (χ0) is 12.7. The zero-order valence-corrected chi connectivity index (χ0v) is 9.37. The van der Waals surface area contributed by atoms with Gasteiger partial charge in [0.05, 0.1) is 18.2 Å². The minimum absolute atomic E-state index is 0.324. The molecule has 3 nitrogen and oxygen atoms in total. The van der Waals surface area contributed by atoms with Crippen molar-refractivity contribution in [2.24, 2.45) is 5.73 Å². The molecule has 2 rings (SSSR count). The van der Waals surface area contributed by atoms with Crippen LogP contribution in [-0.4, -0.2) is 19.0 Å². The predicted octanol–water partition coefficient (Wildman–Crippen LogP) is 2.06. The number of hydrogen-bond donors (Lipinski definition) is 1. The Kier molecular flexibility index (Phi) is 2.66. The first-order valence-electron chi connectivity index (χ1n) is 5.22. The highest BCUT2D eigenvalue weighted by molar-refractivity contribution is 5.89. The summed E-state index contributed by atoms with van der Waals surface area (Å²) in [5, 5.41) is 0. The van der Waals surface area contributed by atoms with Gasteiger partial charge in [-0.05, 0) is 17.7 Å². The van der Waals surface area contributed by atoms with Gasteiger partial charge in [0, 0.05) is 12.8 Å². The molecular weight excluding hydrogens is 228 g/mol. The molecule has 17 heavy (non-hydrogen) atoms. The van der Waals surface area contributed by atoms with Crippen molar-refractivity contribution >= 4 is 5.97 Å². The van der Waals surface area contributed by atoms with Gasteiger partial charge in [-0.1, -0.05) is 12.1 Å². The molecule has 0 aliphatic heterocycles. The molecule has 1 aliphatic rings. The zero-order valence-electron chi connectivity index (χ0n) is 9.37. The molecule has 1 aliphatic carbocycles. The number of methoxy groups -OCH3 is 1. The Morgan fingerprint density at radius 2 is 2.06 bits per heavy atom. The van der Waals surface area contributed by atoms with E-state index in [9.17, 15) is 13.6 Å². The third-order valence-electron chi connectivity index (χ3n) is 3.01. The minimum Gasteiger partial charge on any atom is -0.465 e. The summed E-state index contributed by atoms with van der Waals surface area (Å²) in [6.45, 7) is 0. The average Bonchev–Trinajstić information content (AvgIpc) is 2.25. The van der Waals surface area contributed by atoms with Gasteiger partial charge in [-0.2, -0.15) is 0 Å². The van der Waals surface area contributed by atoms with E-state index in [4.69, 9.17) is 5.73 Å². The van der Waals surface area contributed by atoms with Crippen molar-refractivity contribution < 1.29 is 18.3 Å². The first-order valence-corrected chi connectivity index (χ1v) is 5.22. The van der Waals surface area contributed by atoms with Gasteiger partial charge in [-0.15, -0.1) is 0 Å². The number of carbonyl (C=O) groups excluding carboxylic acids is 1. The lowest BCUT2D eigenvalue weighted by Gasteiger charge is -2.44. The number of hydrogen-bond acceptors (Lipinski definition) is 3. The largest absolute Gasteiger partial charge is 0.465 e. The van der Waals surface area contributed by atoms with Gasteiger partial charge >= 0.3 is 5.97 Å². The van der Waals surface area contributed by atoms with Crippen LogP contribution in [0, 0.1) is 0 Å². The van der Waals surface area contributed by atoms with E-state index in [2.05, 4.69) is 4.74 Å². The van der Waals surface area contributed by atoms with Crippen LogP contribution in [0.25, 0.3) is 0 Å². The molecule has 0 radical (unpaired) electrons. The summed E-state index contributed by atoms with van der Waals surface area (Å²) in [6.07, 6.45) is -0.769. The Bertz CT molecular complexity index is 452. The minimum atomic E-state index is -2.70. The standard InChI is InChI=1S/C12H13F2NO2/c1-17-10(16)8-3-2-4-9(5-8)11(15)6-12(13,14)7-11/h2-5H,6-7,15H2,1H3. The number of benzene rings is 1. The van der Waals surface area contributed by atoms with Crippen molar-refractivity contribution in [1.82, 2.24) is 0 Å². The monoisotopic (exact) mass is 241 g/mol. The first kappa shape index (κ1) is 12.0. The Hall–Kier alpha value is -1.49. The average molecular weight is 241 g/mol. The van der Waals surface area contributed by atoms with Crippen LogP contribution in [0.2, 0.25) is 0 Å². The Morgan fingerprint density at radius 1 is 1.41 bits per heavy atom. The highest BCUT2D eigenvalue weighted by atomic mass is 19.3. The van der Waals surface area contributed by atoms with E-state index in [-0.39, 0.29) is 12.8 Å². The highest BCUT2D eigenvalue weighted by Crippen LogP contribution is 2.49. The van der Waals surface area contributed by atoms with E-state index in [1.807, 2.05) is 0 Å². The molecule has 0 heterocycles. The molecular formula is C12H13F2NO2. The number of esters is 1. The molecule has 0 unspecified atom stereocenters. The molecule has 1 saturated carbocycles. The van der Waals surface area contributed by atoms with Gasteiger partial charge in [-0.25, -0.2) is 13.6 Å². The first-order chi connectivity index (χ1) is 7.86. The molecule has 0 saturated heterocycles. The van der Waals surface area contributed by atoms with E-state index in [1.165, 1.54) is 13.2 Å². The summed E-state index contributed by atoms with van der Waals surface area (Å²) in [5.74, 6) is -3.20. The molecule has 0 amide bonds. The van der Waals surface area contributed by atoms with Crippen LogP contribution in [-0.2, 0) is 10.3 Å². The normalized spacial score (nSPS) is 20.5. The van der Waals surface area contributed by atoms with Crippen LogP contribution >= 0.6 is 0 Å². The van der Waals surface area contributed by atoms with Crippen molar-refractivity contribution in [2.75, 3.05) is 7.11 Å². The summed E-state index contributed by atoms with van der Waals surface area (Å²) >= 11 is 0. The molecule has 1 fully saturated rings. The summed E-state index contributed by atoms with van der Waals surface area (Å²) < 4.78 is 30.3. The maximum Gasteiger partial charge on any atom is 0.337 e. The predicted molar refractivity (Wildman–Crippen MR) is 57.8 cm³/mol. The highest BCUT2D eigenvalue weighted by Gasteiger charge is 2.55. The fourth-order valence-corrected chi connectivity index (χ4v) is 2.15. The smallest absolute Gasteiger partial charge is 0.337 e. The Balaban J connectivity index is 2.26. The lowest BCUT2D eigenvalue weighted by atomic mass is 9.69. The fourth-order valence-electron chi connectivity index (χ4n) is 2.15. The molecule has 0 atom stereocenters. The van der Waals surface area contributed by atoms with Gasteiger partial charge in [0.1, 0.15) is 0 Å². The molecule has 5 heteroatoms. The second-order valence-electron chi connectivity index (χ2n) is 4.44. The van der Waals surface area contributed by atoms with Crippen molar-refractivity contribution in [1.29, 1.82) is 0 Å². The van der Waals surface area contributed by atoms with E-state index in [1.54, 1.807) is 18.2 Å². The number of ether oxygens (including phenoxy) is 1. The molecule has 0 spiro atoms. The van der Waals surface area contributed by atoms with Crippen molar-refractivity contribution in [3.63, 3.8) is 0 Å². The van der Waals surface area contributed by atoms with Crippen LogP contribution in [0.4, 0.5) is 8.78 Å². The van der Waals surface area contributed by atoms with Crippen LogP contribution in [0.3, 0.4) is 0 Å². The quantitative estimate of drug-likeness (QED) is 0.806. The molecule has 1 aromatic carbocycles. The summed E-state index contributed by atoms with van der Waals surface area (Å²) in [5.41, 5.74) is 5.72. The van der Waals surface area contributed by atoms with E-state index in [0.717, 1.165) is 0 Å². The summed E-state index contributed by atoms with van der Waals surface area (Å²) in [7, 11) is 1.27. The van der Waals surface area contributed by atoms with E-state index in [0.29, 0.717) is 11.1 Å².